The molecule has 1 saturated heterocycles. The van der Waals surface area contributed by atoms with Crippen LogP contribution in [0.3, 0.4) is 0 Å². The van der Waals surface area contributed by atoms with Gasteiger partial charge >= 0.3 is 0 Å². The summed E-state index contributed by atoms with van der Waals surface area (Å²) in [5.74, 6) is 2.19. The molecule has 1 aromatic heterocycles. The standard InChI is InChI=1S/C18H23ClN2O/c1-13(2)21-9-5-7-15(12-21)18-20-11-16(22-18)10-14-6-3-4-8-17(14)19/h3-4,6,8,11,13,15H,5,7,9-10,12H2,1-2H3. The van der Waals surface area contributed by atoms with E-state index >= 15 is 0 Å². The highest BCUT2D eigenvalue weighted by Crippen LogP contribution is 2.28. The van der Waals surface area contributed by atoms with E-state index in [0.29, 0.717) is 18.4 Å². The normalized spacial score (nSPS) is 19.7. The topological polar surface area (TPSA) is 29.3 Å². The fraction of sp³-hybridized carbons (Fsp3) is 0.500. The van der Waals surface area contributed by atoms with Crippen molar-refractivity contribution in [1.82, 2.24) is 9.88 Å². The third kappa shape index (κ3) is 3.53. The molecule has 1 unspecified atom stereocenters. The van der Waals surface area contributed by atoms with Gasteiger partial charge in [-0.2, -0.15) is 0 Å². The van der Waals surface area contributed by atoms with E-state index < -0.39 is 0 Å². The zero-order chi connectivity index (χ0) is 15.5. The van der Waals surface area contributed by atoms with Gasteiger partial charge in [0.05, 0.1) is 6.20 Å². The van der Waals surface area contributed by atoms with Crippen LogP contribution in [0.2, 0.25) is 5.02 Å². The van der Waals surface area contributed by atoms with Gasteiger partial charge in [0.25, 0.3) is 0 Å². The van der Waals surface area contributed by atoms with Crippen LogP contribution in [0.15, 0.2) is 34.9 Å². The number of benzene rings is 1. The summed E-state index contributed by atoms with van der Waals surface area (Å²) in [4.78, 5) is 7.03. The number of hydrogen-bond donors (Lipinski definition) is 0. The maximum atomic E-state index is 6.21. The number of hydrogen-bond acceptors (Lipinski definition) is 3. The van der Waals surface area contributed by atoms with Crippen molar-refractivity contribution in [2.45, 2.75) is 45.1 Å². The molecule has 2 aromatic rings. The molecule has 1 aromatic carbocycles. The van der Waals surface area contributed by atoms with E-state index in [9.17, 15) is 0 Å². The van der Waals surface area contributed by atoms with E-state index in [-0.39, 0.29) is 0 Å². The molecule has 22 heavy (non-hydrogen) atoms. The van der Waals surface area contributed by atoms with Crippen molar-refractivity contribution in [1.29, 1.82) is 0 Å². The van der Waals surface area contributed by atoms with E-state index in [1.54, 1.807) is 0 Å². The smallest absolute Gasteiger partial charge is 0.198 e. The molecule has 0 N–H and O–H groups in total. The maximum absolute atomic E-state index is 6.21. The predicted molar refractivity (Wildman–Crippen MR) is 89.4 cm³/mol. The first-order valence-corrected chi connectivity index (χ1v) is 8.43. The fourth-order valence-electron chi connectivity index (χ4n) is 3.10. The monoisotopic (exact) mass is 318 g/mol. The second-order valence-electron chi connectivity index (χ2n) is 6.36. The molecule has 2 heterocycles. The van der Waals surface area contributed by atoms with E-state index in [0.717, 1.165) is 35.2 Å². The second kappa shape index (κ2) is 6.84. The molecule has 1 fully saturated rings. The summed E-state index contributed by atoms with van der Waals surface area (Å²) in [7, 11) is 0. The molecule has 0 radical (unpaired) electrons. The molecule has 3 nitrogen and oxygen atoms in total. The molecule has 0 bridgehead atoms. The van der Waals surface area contributed by atoms with E-state index in [1.807, 2.05) is 30.5 Å². The van der Waals surface area contributed by atoms with Crippen LogP contribution < -0.4 is 0 Å². The van der Waals surface area contributed by atoms with Crippen LogP contribution in [-0.2, 0) is 6.42 Å². The highest BCUT2D eigenvalue weighted by Gasteiger charge is 2.26. The average Bonchev–Trinajstić information content (AvgIpc) is 2.98. The van der Waals surface area contributed by atoms with Crippen LogP contribution in [-0.4, -0.2) is 29.0 Å². The summed E-state index contributed by atoms with van der Waals surface area (Å²) < 4.78 is 6.01. The van der Waals surface area contributed by atoms with Crippen LogP contribution >= 0.6 is 11.6 Å². The molecule has 0 aliphatic carbocycles. The zero-order valence-corrected chi connectivity index (χ0v) is 14.0. The average molecular weight is 319 g/mol. The lowest BCUT2D eigenvalue weighted by molar-refractivity contribution is 0.156. The molecule has 1 aliphatic heterocycles. The lowest BCUT2D eigenvalue weighted by atomic mass is 9.97. The highest BCUT2D eigenvalue weighted by molar-refractivity contribution is 6.31. The minimum absolute atomic E-state index is 0.413. The number of halogens is 1. The summed E-state index contributed by atoms with van der Waals surface area (Å²) in [5, 5.41) is 0.782. The molecular weight excluding hydrogens is 296 g/mol. The van der Waals surface area contributed by atoms with Crippen molar-refractivity contribution < 1.29 is 4.42 Å². The third-order valence-electron chi connectivity index (χ3n) is 4.43. The van der Waals surface area contributed by atoms with Gasteiger partial charge in [-0.25, -0.2) is 4.98 Å². The summed E-state index contributed by atoms with van der Waals surface area (Å²) >= 11 is 6.21. The number of nitrogens with zero attached hydrogens (tertiary/aromatic N) is 2. The molecule has 0 saturated carbocycles. The molecular formula is C18H23ClN2O. The lowest BCUT2D eigenvalue weighted by Crippen LogP contribution is -2.39. The van der Waals surface area contributed by atoms with Crippen LogP contribution in [0.4, 0.5) is 0 Å². The fourth-order valence-corrected chi connectivity index (χ4v) is 3.30. The van der Waals surface area contributed by atoms with Crippen LogP contribution in [0, 0.1) is 0 Å². The van der Waals surface area contributed by atoms with Crippen molar-refractivity contribution in [3.63, 3.8) is 0 Å². The Balaban J connectivity index is 1.70. The Bertz CT molecular complexity index is 623. The van der Waals surface area contributed by atoms with Crippen LogP contribution in [0.5, 0.6) is 0 Å². The van der Waals surface area contributed by atoms with E-state index in [4.69, 9.17) is 16.0 Å². The van der Waals surface area contributed by atoms with Crippen molar-refractivity contribution in [2.24, 2.45) is 0 Å². The summed E-state index contributed by atoms with van der Waals surface area (Å²) in [6.07, 6.45) is 4.93. The van der Waals surface area contributed by atoms with Crippen molar-refractivity contribution >= 4 is 11.6 Å². The van der Waals surface area contributed by atoms with Crippen LogP contribution in [0.1, 0.15) is 49.8 Å². The van der Waals surface area contributed by atoms with Crippen LogP contribution in [0.25, 0.3) is 0 Å². The number of piperidine rings is 1. The zero-order valence-electron chi connectivity index (χ0n) is 13.3. The van der Waals surface area contributed by atoms with Gasteiger partial charge < -0.3 is 9.32 Å². The van der Waals surface area contributed by atoms with Gasteiger partial charge in [-0.05, 0) is 44.9 Å². The Hall–Kier alpha value is -1.32. The molecule has 118 valence electrons. The summed E-state index contributed by atoms with van der Waals surface area (Å²) in [6.45, 7) is 6.73. The molecule has 1 aliphatic rings. The Labute approximate surface area is 137 Å². The largest absolute Gasteiger partial charge is 0.445 e. The third-order valence-corrected chi connectivity index (χ3v) is 4.80. The van der Waals surface area contributed by atoms with Crippen molar-refractivity contribution in [3.8, 4) is 0 Å². The van der Waals surface area contributed by atoms with E-state index in [1.165, 1.54) is 13.0 Å². The van der Waals surface area contributed by atoms with Crippen molar-refractivity contribution in [2.75, 3.05) is 13.1 Å². The minimum Gasteiger partial charge on any atom is -0.445 e. The Morgan fingerprint density at radius 3 is 2.95 bits per heavy atom. The SMILES string of the molecule is CC(C)N1CCCC(c2ncc(Cc3ccccc3Cl)o2)C1. The Morgan fingerprint density at radius 2 is 2.18 bits per heavy atom. The first-order valence-electron chi connectivity index (χ1n) is 8.05. The predicted octanol–water partition coefficient (Wildman–Crippen LogP) is 4.51. The second-order valence-corrected chi connectivity index (χ2v) is 6.77. The maximum Gasteiger partial charge on any atom is 0.198 e. The van der Waals surface area contributed by atoms with Crippen molar-refractivity contribution in [3.05, 3.63) is 52.7 Å². The van der Waals surface area contributed by atoms with Gasteiger partial charge in [0.2, 0.25) is 0 Å². The highest BCUT2D eigenvalue weighted by atomic mass is 35.5. The number of oxazole rings is 1. The van der Waals surface area contributed by atoms with E-state index in [2.05, 4.69) is 23.7 Å². The van der Waals surface area contributed by atoms with Gasteiger partial charge in [0, 0.05) is 29.9 Å². The quantitative estimate of drug-likeness (QED) is 0.830. The van der Waals surface area contributed by atoms with Gasteiger partial charge in [-0.1, -0.05) is 29.8 Å². The molecule has 3 rings (SSSR count). The number of likely N-dealkylation sites (tertiary alicyclic amines) is 1. The van der Waals surface area contributed by atoms with Gasteiger partial charge in [0.15, 0.2) is 5.89 Å². The summed E-state index contributed by atoms with van der Waals surface area (Å²) in [5.41, 5.74) is 1.08. The lowest BCUT2D eigenvalue weighted by Gasteiger charge is -2.34. The summed E-state index contributed by atoms with van der Waals surface area (Å²) in [6, 6.07) is 8.47. The molecule has 4 heteroatoms. The number of aromatic nitrogens is 1. The minimum atomic E-state index is 0.413. The Kier molecular flexibility index (Phi) is 4.84. The number of rotatable bonds is 4. The van der Waals surface area contributed by atoms with Gasteiger partial charge in [-0.3, -0.25) is 0 Å². The molecule has 0 spiro atoms. The van der Waals surface area contributed by atoms with Gasteiger partial charge in [-0.15, -0.1) is 0 Å². The molecule has 0 amide bonds. The Morgan fingerprint density at radius 1 is 1.36 bits per heavy atom. The van der Waals surface area contributed by atoms with Gasteiger partial charge in [0.1, 0.15) is 5.76 Å². The first kappa shape index (κ1) is 15.6. The first-order chi connectivity index (χ1) is 10.6. The molecule has 1 atom stereocenters.